The van der Waals surface area contributed by atoms with Gasteiger partial charge in [0.05, 0.1) is 16.1 Å². The number of nitrogens with zero attached hydrogens (tertiary/aromatic N) is 1. The van der Waals surface area contributed by atoms with Crippen LogP contribution < -0.4 is 5.32 Å². The van der Waals surface area contributed by atoms with E-state index in [0.717, 1.165) is 5.01 Å². The molecule has 3 rings (SSSR count). The molecule has 0 atom stereocenters. The first-order valence-electron chi connectivity index (χ1n) is 5.53. The number of thiophene rings is 1. The van der Waals surface area contributed by atoms with E-state index in [4.69, 9.17) is 4.98 Å². The molecular weight excluding hydrogens is 236 g/mol. The first kappa shape index (κ1) is 10.4. The van der Waals surface area contributed by atoms with Crippen LogP contribution in [0.4, 0.5) is 0 Å². The largest absolute Gasteiger partial charge is 0.309 e. The van der Waals surface area contributed by atoms with Crippen LogP contribution in [0, 0.1) is 0 Å². The fourth-order valence-electron chi connectivity index (χ4n) is 2.17. The lowest BCUT2D eigenvalue weighted by atomic mass is 9.75. The molecule has 1 saturated carbocycles. The van der Waals surface area contributed by atoms with Crippen molar-refractivity contribution in [3.05, 3.63) is 28.6 Å². The highest BCUT2D eigenvalue weighted by Gasteiger charge is 2.39. The summed E-state index contributed by atoms with van der Waals surface area (Å²) in [5.41, 5.74) is 1.40. The highest BCUT2D eigenvalue weighted by Crippen LogP contribution is 2.42. The Morgan fingerprint density at radius 2 is 2.25 bits per heavy atom. The summed E-state index contributed by atoms with van der Waals surface area (Å²) in [6, 6.07) is 4.22. The van der Waals surface area contributed by atoms with Gasteiger partial charge in [0.1, 0.15) is 5.01 Å². The van der Waals surface area contributed by atoms with Crippen molar-refractivity contribution in [3.8, 4) is 9.88 Å². The van der Waals surface area contributed by atoms with Gasteiger partial charge in [-0.05, 0) is 37.8 Å². The van der Waals surface area contributed by atoms with E-state index in [1.807, 2.05) is 7.05 Å². The minimum atomic E-state index is 0.173. The lowest BCUT2D eigenvalue weighted by Gasteiger charge is -2.40. The molecule has 2 heterocycles. The maximum Gasteiger partial charge on any atom is 0.133 e. The third kappa shape index (κ3) is 1.52. The molecule has 1 aliphatic rings. The Morgan fingerprint density at radius 3 is 2.81 bits per heavy atom. The molecule has 84 valence electrons. The first-order chi connectivity index (χ1) is 7.84. The van der Waals surface area contributed by atoms with Gasteiger partial charge in [0, 0.05) is 5.38 Å². The van der Waals surface area contributed by atoms with E-state index in [1.54, 1.807) is 22.7 Å². The molecule has 1 fully saturated rings. The lowest BCUT2D eigenvalue weighted by molar-refractivity contribution is 0.196. The molecule has 0 unspecified atom stereocenters. The summed E-state index contributed by atoms with van der Waals surface area (Å²) in [6.07, 6.45) is 3.75. The van der Waals surface area contributed by atoms with Crippen LogP contribution in [0.2, 0.25) is 0 Å². The molecule has 0 aliphatic heterocycles. The fourth-order valence-corrected chi connectivity index (χ4v) is 3.90. The number of rotatable bonds is 3. The summed E-state index contributed by atoms with van der Waals surface area (Å²) in [5.74, 6) is 0. The molecular formula is C12H14N2S2. The van der Waals surface area contributed by atoms with Crippen molar-refractivity contribution in [2.75, 3.05) is 7.05 Å². The molecule has 2 aromatic rings. The Bertz CT molecular complexity index is 463. The zero-order chi connectivity index (χ0) is 11.0. The molecule has 2 nitrogen and oxygen atoms in total. The summed E-state index contributed by atoms with van der Waals surface area (Å²) in [4.78, 5) is 6.06. The smallest absolute Gasteiger partial charge is 0.133 e. The Balaban J connectivity index is 1.93. The maximum atomic E-state index is 4.78. The average Bonchev–Trinajstić information content (AvgIpc) is 2.86. The fraction of sp³-hybridized carbons (Fsp3) is 0.417. The number of hydrogen-bond donors (Lipinski definition) is 1. The second-order valence-corrected chi connectivity index (χ2v) is 6.01. The predicted molar refractivity (Wildman–Crippen MR) is 70.0 cm³/mol. The van der Waals surface area contributed by atoms with Gasteiger partial charge in [0.2, 0.25) is 0 Å². The molecule has 0 aromatic carbocycles. The van der Waals surface area contributed by atoms with Crippen LogP contribution in [0.3, 0.4) is 0 Å². The normalized spacial score (nSPS) is 18.3. The van der Waals surface area contributed by atoms with E-state index in [2.05, 4.69) is 28.2 Å². The molecule has 0 saturated heterocycles. The van der Waals surface area contributed by atoms with E-state index in [-0.39, 0.29) is 5.54 Å². The maximum absolute atomic E-state index is 4.78. The van der Waals surface area contributed by atoms with Crippen molar-refractivity contribution in [2.24, 2.45) is 0 Å². The SMILES string of the molecule is CNC1(c2csc(-c3cccs3)n2)CCC1. The third-order valence-corrected chi connectivity index (χ3v) is 5.29. The molecule has 1 N–H and O–H groups in total. The van der Waals surface area contributed by atoms with Crippen molar-refractivity contribution in [1.82, 2.24) is 10.3 Å². The lowest BCUT2D eigenvalue weighted by Crippen LogP contribution is -2.46. The third-order valence-electron chi connectivity index (χ3n) is 3.41. The van der Waals surface area contributed by atoms with E-state index in [9.17, 15) is 0 Å². The van der Waals surface area contributed by atoms with Crippen molar-refractivity contribution >= 4 is 22.7 Å². The van der Waals surface area contributed by atoms with Gasteiger partial charge in [-0.15, -0.1) is 22.7 Å². The van der Waals surface area contributed by atoms with Gasteiger partial charge in [-0.1, -0.05) is 6.07 Å². The highest BCUT2D eigenvalue weighted by molar-refractivity contribution is 7.20. The van der Waals surface area contributed by atoms with Crippen LogP contribution in [0.15, 0.2) is 22.9 Å². The van der Waals surface area contributed by atoms with Crippen molar-refractivity contribution in [3.63, 3.8) is 0 Å². The monoisotopic (exact) mass is 250 g/mol. The minimum absolute atomic E-state index is 0.173. The Hall–Kier alpha value is -0.710. The van der Waals surface area contributed by atoms with Gasteiger partial charge in [0.25, 0.3) is 0 Å². The Morgan fingerprint density at radius 1 is 1.38 bits per heavy atom. The second kappa shape index (κ2) is 3.95. The number of thiazole rings is 1. The molecule has 16 heavy (non-hydrogen) atoms. The van der Waals surface area contributed by atoms with Crippen LogP contribution in [0.25, 0.3) is 9.88 Å². The highest BCUT2D eigenvalue weighted by atomic mass is 32.1. The quantitative estimate of drug-likeness (QED) is 0.902. The number of hydrogen-bond acceptors (Lipinski definition) is 4. The van der Waals surface area contributed by atoms with E-state index in [0.29, 0.717) is 0 Å². The molecule has 0 amide bonds. The topological polar surface area (TPSA) is 24.9 Å². The minimum Gasteiger partial charge on any atom is -0.309 e. The van der Waals surface area contributed by atoms with Gasteiger partial charge >= 0.3 is 0 Å². The standard InChI is InChI=1S/C12H14N2S2/c1-13-12(5-3-6-12)10-8-16-11(14-10)9-4-2-7-15-9/h2,4,7-8,13H,3,5-6H2,1H3. The first-order valence-corrected chi connectivity index (χ1v) is 7.29. The van der Waals surface area contributed by atoms with Gasteiger partial charge < -0.3 is 5.32 Å². The van der Waals surface area contributed by atoms with Crippen molar-refractivity contribution in [2.45, 2.75) is 24.8 Å². The second-order valence-electron chi connectivity index (χ2n) is 4.20. The van der Waals surface area contributed by atoms with Gasteiger partial charge in [-0.2, -0.15) is 0 Å². The van der Waals surface area contributed by atoms with Gasteiger partial charge in [-0.3, -0.25) is 0 Å². The summed E-state index contributed by atoms with van der Waals surface area (Å²) in [5, 5.41) is 8.91. The van der Waals surface area contributed by atoms with Crippen LogP contribution >= 0.6 is 22.7 Å². The molecule has 2 aromatic heterocycles. The number of aromatic nitrogens is 1. The van der Waals surface area contributed by atoms with E-state index in [1.165, 1.54) is 29.8 Å². The van der Waals surface area contributed by atoms with Gasteiger partial charge in [-0.25, -0.2) is 4.98 Å². The average molecular weight is 250 g/mol. The van der Waals surface area contributed by atoms with Gasteiger partial charge in [0.15, 0.2) is 0 Å². The van der Waals surface area contributed by atoms with Crippen LogP contribution in [0.1, 0.15) is 25.0 Å². The van der Waals surface area contributed by atoms with Crippen molar-refractivity contribution in [1.29, 1.82) is 0 Å². The summed E-state index contributed by atoms with van der Waals surface area (Å²) >= 11 is 3.52. The Kier molecular flexibility index (Phi) is 2.58. The van der Waals surface area contributed by atoms with Crippen LogP contribution in [-0.4, -0.2) is 12.0 Å². The molecule has 0 radical (unpaired) electrons. The zero-order valence-electron chi connectivity index (χ0n) is 9.19. The Labute approximate surface area is 103 Å². The zero-order valence-corrected chi connectivity index (χ0v) is 10.8. The molecule has 4 heteroatoms. The molecule has 0 spiro atoms. The van der Waals surface area contributed by atoms with Crippen molar-refractivity contribution < 1.29 is 0 Å². The van der Waals surface area contributed by atoms with E-state index >= 15 is 0 Å². The van der Waals surface area contributed by atoms with Crippen LogP contribution in [0.5, 0.6) is 0 Å². The molecule has 0 bridgehead atoms. The molecule has 1 aliphatic carbocycles. The predicted octanol–water partition coefficient (Wildman–Crippen LogP) is 3.47. The number of nitrogens with one attached hydrogen (secondary N) is 1. The van der Waals surface area contributed by atoms with E-state index < -0.39 is 0 Å². The summed E-state index contributed by atoms with van der Waals surface area (Å²) in [7, 11) is 2.04. The summed E-state index contributed by atoms with van der Waals surface area (Å²) in [6.45, 7) is 0. The summed E-state index contributed by atoms with van der Waals surface area (Å²) < 4.78 is 0. The van der Waals surface area contributed by atoms with Crippen LogP contribution in [-0.2, 0) is 5.54 Å².